The first-order chi connectivity index (χ1) is 2.77. The highest BCUT2D eigenvalue weighted by molar-refractivity contribution is 8.21. The van der Waals surface area contributed by atoms with Crippen molar-refractivity contribution in [2.45, 2.75) is 0 Å². The quantitative estimate of drug-likeness (QED) is 0.514. The molecular weight excluding hydrogens is 118 g/mol. The van der Waals surface area contributed by atoms with E-state index in [9.17, 15) is 0 Å². The minimum Gasteiger partial charge on any atom is -0.299 e. The molecule has 0 amide bonds. The lowest BCUT2D eigenvalue weighted by atomic mass is 11.0. The molecule has 0 rings (SSSR count). The maximum absolute atomic E-state index is 5.27. The Balaban J connectivity index is 2.63. The first kappa shape index (κ1) is 6.60. The Morgan fingerprint density at radius 1 is 1.67 bits per heavy atom. The zero-order valence-electron chi connectivity index (χ0n) is 3.94. The largest absolute Gasteiger partial charge is 0.299 e. The van der Waals surface area contributed by atoms with Crippen LogP contribution in [-0.4, -0.2) is 24.9 Å². The summed E-state index contributed by atoms with van der Waals surface area (Å²) in [5.41, 5.74) is 0. The number of halogens is 1. The molecule has 0 aliphatic rings. The summed E-state index contributed by atoms with van der Waals surface area (Å²) < 4.78 is 0. The maximum Gasteiger partial charge on any atom is 0.0592 e. The van der Waals surface area contributed by atoms with Gasteiger partial charge in [0.1, 0.15) is 0 Å². The Morgan fingerprint density at radius 2 is 2.17 bits per heavy atom. The maximum atomic E-state index is 5.27. The highest BCUT2D eigenvalue weighted by Crippen LogP contribution is 2.04. The molecule has 0 saturated carbocycles. The van der Waals surface area contributed by atoms with Crippen molar-refractivity contribution in [3.63, 3.8) is 0 Å². The third-order valence-corrected chi connectivity index (χ3v) is 1.21. The molecule has 0 aromatic carbocycles. The van der Waals surface area contributed by atoms with Crippen LogP contribution in [-0.2, 0) is 0 Å². The van der Waals surface area contributed by atoms with E-state index in [1.807, 2.05) is 19.0 Å². The van der Waals surface area contributed by atoms with E-state index in [0.29, 0.717) is 0 Å². The second-order valence-corrected chi connectivity index (χ2v) is 2.45. The van der Waals surface area contributed by atoms with Gasteiger partial charge in [-0.15, -0.1) is 0 Å². The van der Waals surface area contributed by atoms with Gasteiger partial charge in [-0.25, -0.2) is 0 Å². The molecule has 0 fully saturated rings. The number of hydrogen-bond acceptors (Lipinski definition) is 2. The summed E-state index contributed by atoms with van der Waals surface area (Å²) in [6.45, 7) is 0. The standard InChI is InChI=1S/C3H8ClNS/c1-5(2)3-6-4/h3H2,1-2H3. The fourth-order valence-electron chi connectivity index (χ4n) is 0.0976. The normalized spacial score (nSPS) is 10.0. The zero-order chi connectivity index (χ0) is 4.99. The first-order valence-corrected chi connectivity index (χ1v) is 3.47. The lowest BCUT2D eigenvalue weighted by Crippen LogP contribution is -2.08. The third kappa shape index (κ3) is 4.60. The van der Waals surface area contributed by atoms with Crippen molar-refractivity contribution in [2.24, 2.45) is 0 Å². The summed E-state index contributed by atoms with van der Waals surface area (Å²) >= 11 is 0. The summed E-state index contributed by atoms with van der Waals surface area (Å²) in [5, 5.41) is 0. The van der Waals surface area contributed by atoms with Crippen molar-refractivity contribution >= 4 is 21.7 Å². The molecule has 0 bridgehead atoms. The molecule has 0 unspecified atom stereocenters. The monoisotopic (exact) mass is 125 g/mol. The first-order valence-electron chi connectivity index (χ1n) is 1.65. The van der Waals surface area contributed by atoms with E-state index in [1.165, 1.54) is 11.0 Å². The summed E-state index contributed by atoms with van der Waals surface area (Å²) in [5.74, 6) is 0.890. The minimum absolute atomic E-state index is 0.890. The summed E-state index contributed by atoms with van der Waals surface area (Å²) in [4.78, 5) is 2.01. The van der Waals surface area contributed by atoms with Gasteiger partial charge in [0.2, 0.25) is 0 Å². The number of nitrogens with zero attached hydrogens (tertiary/aromatic N) is 1. The Labute approximate surface area is 47.2 Å². The predicted octanol–water partition coefficient (Wildman–Crippen LogP) is 1.39. The molecule has 0 aliphatic heterocycles. The Bertz CT molecular complexity index is 32.0. The van der Waals surface area contributed by atoms with E-state index >= 15 is 0 Å². The second kappa shape index (κ2) is 3.78. The fourth-order valence-corrected chi connectivity index (χ4v) is 0.878. The van der Waals surface area contributed by atoms with E-state index in [0.717, 1.165) is 5.88 Å². The van der Waals surface area contributed by atoms with E-state index in [1.54, 1.807) is 0 Å². The Kier molecular flexibility index (Phi) is 4.16. The highest BCUT2D eigenvalue weighted by Gasteiger charge is 1.81. The van der Waals surface area contributed by atoms with Crippen molar-refractivity contribution in [2.75, 3.05) is 20.0 Å². The molecule has 0 N–H and O–H groups in total. The molecule has 3 heteroatoms. The average Bonchev–Trinajstić information content (AvgIpc) is 1.35. The van der Waals surface area contributed by atoms with Gasteiger partial charge < -0.3 is 0 Å². The van der Waals surface area contributed by atoms with Gasteiger partial charge in [0.25, 0.3) is 0 Å². The van der Waals surface area contributed by atoms with Crippen LogP contribution in [0.1, 0.15) is 0 Å². The second-order valence-electron chi connectivity index (χ2n) is 1.32. The molecule has 0 heterocycles. The van der Waals surface area contributed by atoms with Gasteiger partial charge in [-0.3, -0.25) is 4.90 Å². The SMILES string of the molecule is CN(C)CSCl. The summed E-state index contributed by atoms with van der Waals surface area (Å²) in [7, 11) is 10.5. The molecule has 0 radical (unpaired) electrons. The van der Waals surface area contributed by atoms with E-state index in [4.69, 9.17) is 10.7 Å². The van der Waals surface area contributed by atoms with Crippen molar-refractivity contribution in [3.8, 4) is 0 Å². The smallest absolute Gasteiger partial charge is 0.0592 e. The van der Waals surface area contributed by atoms with E-state index < -0.39 is 0 Å². The molecule has 0 spiro atoms. The van der Waals surface area contributed by atoms with Gasteiger partial charge in [-0.2, -0.15) is 0 Å². The average molecular weight is 126 g/mol. The molecule has 0 aromatic rings. The molecule has 0 atom stereocenters. The lowest BCUT2D eigenvalue weighted by Gasteiger charge is -2.01. The van der Waals surface area contributed by atoms with Crippen LogP contribution < -0.4 is 0 Å². The molecule has 38 valence electrons. The van der Waals surface area contributed by atoms with Gasteiger partial charge in [-0.1, -0.05) is 0 Å². The number of rotatable bonds is 2. The summed E-state index contributed by atoms with van der Waals surface area (Å²) in [6.07, 6.45) is 0. The molecule has 0 saturated heterocycles. The highest BCUT2D eigenvalue weighted by atomic mass is 35.7. The van der Waals surface area contributed by atoms with Crippen LogP contribution in [0.25, 0.3) is 0 Å². The van der Waals surface area contributed by atoms with Crippen molar-refractivity contribution in [3.05, 3.63) is 0 Å². The number of hydrogen-bond donors (Lipinski definition) is 0. The van der Waals surface area contributed by atoms with Crippen LogP contribution in [0.4, 0.5) is 0 Å². The van der Waals surface area contributed by atoms with Gasteiger partial charge >= 0.3 is 0 Å². The van der Waals surface area contributed by atoms with Crippen LogP contribution in [0.2, 0.25) is 0 Å². The molecular formula is C3H8ClNS. The van der Waals surface area contributed by atoms with Crippen LogP contribution >= 0.6 is 21.7 Å². The van der Waals surface area contributed by atoms with Crippen LogP contribution in [0, 0.1) is 0 Å². The van der Waals surface area contributed by atoms with Crippen LogP contribution in [0.15, 0.2) is 0 Å². The van der Waals surface area contributed by atoms with Crippen molar-refractivity contribution < 1.29 is 0 Å². The van der Waals surface area contributed by atoms with Gasteiger partial charge in [0.15, 0.2) is 0 Å². The summed E-state index contributed by atoms with van der Waals surface area (Å²) in [6, 6.07) is 0. The van der Waals surface area contributed by atoms with Crippen LogP contribution in [0.5, 0.6) is 0 Å². The van der Waals surface area contributed by atoms with E-state index in [-0.39, 0.29) is 0 Å². The van der Waals surface area contributed by atoms with Gasteiger partial charge in [0.05, 0.1) is 5.88 Å². The Morgan fingerprint density at radius 3 is 2.17 bits per heavy atom. The molecule has 6 heavy (non-hydrogen) atoms. The van der Waals surface area contributed by atoms with Crippen LogP contribution in [0.3, 0.4) is 0 Å². The third-order valence-electron chi connectivity index (χ3n) is 0.307. The molecule has 1 nitrogen and oxygen atoms in total. The van der Waals surface area contributed by atoms with E-state index in [2.05, 4.69) is 0 Å². The topological polar surface area (TPSA) is 3.24 Å². The zero-order valence-corrected chi connectivity index (χ0v) is 5.51. The van der Waals surface area contributed by atoms with Crippen molar-refractivity contribution in [1.82, 2.24) is 4.90 Å². The molecule has 0 aliphatic carbocycles. The fraction of sp³-hybridized carbons (Fsp3) is 1.00. The predicted molar refractivity (Wildman–Crippen MR) is 32.0 cm³/mol. The Hall–Kier alpha value is 0.600. The van der Waals surface area contributed by atoms with Gasteiger partial charge in [-0.05, 0) is 35.8 Å². The minimum atomic E-state index is 0.890. The van der Waals surface area contributed by atoms with Crippen molar-refractivity contribution in [1.29, 1.82) is 0 Å². The molecule has 0 aromatic heterocycles. The van der Waals surface area contributed by atoms with Gasteiger partial charge in [0, 0.05) is 0 Å². The lowest BCUT2D eigenvalue weighted by molar-refractivity contribution is 0.487.